The van der Waals surface area contributed by atoms with Crippen molar-refractivity contribution in [3.8, 4) is 0 Å². The molecule has 1 N–H and O–H groups in total. The lowest BCUT2D eigenvalue weighted by Gasteiger charge is -2.00. The van der Waals surface area contributed by atoms with Gasteiger partial charge in [0.05, 0.1) is 11.9 Å². The number of aryl methyl sites for hydroxylation is 1. The molecule has 0 aliphatic heterocycles. The zero-order valence-electron chi connectivity index (χ0n) is 8.90. The molecule has 0 radical (unpaired) electrons. The zero-order valence-corrected chi connectivity index (χ0v) is 8.90. The minimum atomic E-state index is -0.903. The molecule has 0 fully saturated rings. The number of rotatable bonds is 3. The van der Waals surface area contributed by atoms with E-state index in [1.165, 1.54) is 6.07 Å². The van der Waals surface area contributed by atoms with Crippen molar-refractivity contribution in [2.45, 2.75) is 19.9 Å². The van der Waals surface area contributed by atoms with E-state index in [0.717, 1.165) is 0 Å². The minimum Gasteiger partial charge on any atom is -0.481 e. The van der Waals surface area contributed by atoms with Gasteiger partial charge in [-0.05, 0) is 18.6 Å². The van der Waals surface area contributed by atoms with Crippen molar-refractivity contribution in [2.24, 2.45) is 0 Å². The number of aromatic nitrogens is 1. The highest BCUT2D eigenvalue weighted by atomic mass is 19.1. The van der Waals surface area contributed by atoms with Gasteiger partial charge in [0.15, 0.2) is 0 Å². The summed E-state index contributed by atoms with van der Waals surface area (Å²) in [7, 11) is 0. The van der Waals surface area contributed by atoms with Crippen LogP contribution in [0.5, 0.6) is 0 Å². The van der Waals surface area contributed by atoms with Gasteiger partial charge in [-0.2, -0.15) is 0 Å². The highest BCUT2D eigenvalue weighted by molar-refractivity contribution is 5.87. The van der Waals surface area contributed by atoms with E-state index < -0.39 is 5.97 Å². The van der Waals surface area contributed by atoms with E-state index in [-0.39, 0.29) is 12.2 Å². The topological polar surface area (TPSA) is 42.2 Å². The Morgan fingerprint density at radius 1 is 1.50 bits per heavy atom. The van der Waals surface area contributed by atoms with E-state index in [9.17, 15) is 9.18 Å². The molecule has 16 heavy (non-hydrogen) atoms. The van der Waals surface area contributed by atoms with Gasteiger partial charge in [-0.3, -0.25) is 4.79 Å². The second kappa shape index (κ2) is 3.96. The van der Waals surface area contributed by atoms with Crippen molar-refractivity contribution < 1.29 is 14.3 Å². The summed E-state index contributed by atoms with van der Waals surface area (Å²) in [6.07, 6.45) is 1.63. The second-order valence-electron chi connectivity index (χ2n) is 3.65. The van der Waals surface area contributed by atoms with Crippen molar-refractivity contribution in [1.29, 1.82) is 0 Å². The molecular formula is C12H12FNO2. The van der Waals surface area contributed by atoms with Crippen LogP contribution in [0, 0.1) is 5.82 Å². The first-order chi connectivity index (χ1) is 7.63. The van der Waals surface area contributed by atoms with Crippen LogP contribution >= 0.6 is 0 Å². The fourth-order valence-corrected chi connectivity index (χ4v) is 1.94. The summed E-state index contributed by atoms with van der Waals surface area (Å²) in [6.45, 7) is 2.52. The lowest BCUT2D eigenvalue weighted by atomic mass is 10.1. The largest absolute Gasteiger partial charge is 0.481 e. The smallest absolute Gasteiger partial charge is 0.307 e. The first-order valence-corrected chi connectivity index (χ1v) is 5.11. The van der Waals surface area contributed by atoms with Crippen molar-refractivity contribution in [1.82, 2.24) is 4.57 Å². The standard InChI is InChI=1S/C12H12FNO2/c1-2-14-7-8(6-11(15)16)9-4-3-5-10(13)12(9)14/h3-5,7H,2,6H2,1H3,(H,15,16). The summed E-state index contributed by atoms with van der Waals surface area (Å²) in [4.78, 5) is 10.7. The number of carboxylic acids is 1. The van der Waals surface area contributed by atoms with E-state index in [4.69, 9.17) is 5.11 Å². The Morgan fingerprint density at radius 3 is 2.88 bits per heavy atom. The maximum Gasteiger partial charge on any atom is 0.307 e. The number of hydrogen-bond donors (Lipinski definition) is 1. The van der Waals surface area contributed by atoms with Gasteiger partial charge in [0.25, 0.3) is 0 Å². The van der Waals surface area contributed by atoms with Crippen LogP contribution < -0.4 is 0 Å². The molecule has 1 heterocycles. The van der Waals surface area contributed by atoms with Crippen molar-refractivity contribution in [3.63, 3.8) is 0 Å². The highest BCUT2D eigenvalue weighted by Gasteiger charge is 2.13. The van der Waals surface area contributed by atoms with Gasteiger partial charge in [0.1, 0.15) is 5.82 Å². The average molecular weight is 221 g/mol. The zero-order chi connectivity index (χ0) is 11.7. The molecule has 0 unspecified atom stereocenters. The molecular weight excluding hydrogens is 209 g/mol. The summed E-state index contributed by atoms with van der Waals surface area (Å²) in [6, 6.07) is 4.74. The first-order valence-electron chi connectivity index (χ1n) is 5.11. The molecule has 0 spiro atoms. The molecule has 0 aliphatic carbocycles. The summed E-state index contributed by atoms with van der Waals surface area (Å²) in [5.74, 6) is -1.21. The van der Waals surface area contributed by atoms with Crippen LogP contribution in [0.3, 0.4) is 0 Å². The van der Waals surface area contributed by atoms with Crippen molar-refractivity contribution >= 4 is 16.9 Å². The van der Waals surface area contributed by atoms with E-state index in [1.807, 2.05) is 6.92 Å². The predicted octanol–water partition coefficient (Wildman–Crippen LogP) is 2.43. The summed E-state index contributed by atoms with van der Waals surface area (Å²) in [5.41, 5.74) is 1.14. The fourth-order valence-electron chi connectivity index (χ4n) is 1.94. The maximum atomic E-state index is 13.6. The summed E-state index contributed by atoms with van der Waals surface area (Å²) in [5, 5.41) is 9.46. The van der Waals surface area contributed by atoms with Crippen molar-refractivity contribution in [2.75, 3.05) is 0 Å². The van der Waals surface area contributed by atoms with E-state index in [2.05, 4.69) is 0 Å². The molecule has 4 heteroatoms. The van der Waals surface area contributed by atoms with Crippen LogP contribution in [-0.2, 0) is 17.8 Å². The lowest BCUT2D eigenvalue weighted by molar-refractivity contribution is -0.136. The monoisotopic (exact) mass is 221 g/mol. The van der Waals surface area contributed by atoms with Gasteiger partial charge in [-0.1, -0.05) is 12.1 Å². The van der Waals surface area contributed by atoms with E-state index in [0.29, 0.717) is 23.0 Å². The second-order valence-corrected chi connectivity index (χ2v) is 3.65. The number of aliphatic carboxylic acids is 1. The minimum absolute atomic E-state index is 0.0764. The molecule has 1 aromatic carbocycles. The number of nitrogens with zero attached hydrogens (tertiary/aromatic N) is 1. The van der Waals surface area contributed by atoms with Crippen molar-refractivity contribution in [3.05, 3.63) is 35.8 Å². The van der Waals surface area contributed by atoms with Gasteiger partial charge in [0, 0.05) is 18.1 Å². The normalized spacial score (nSPS) is 10.9. The van der Waals surface area contributed by atoms with Crippen LogP contribution in [0.1, 0.15) is 12.5 Å². The molecule has 0 atom stereocenters. The molecule has 0 bridgehead atoms. The third kappa shape index (κ3) is 1.66. The number of para-hydroxylation sites is 1. The number of hydrogen-bond acceptors (Lipinski definition) is 1. The molecule has 84 valence electrons. The highest BCUT2D eigenvalue weighted by Crippen LogP contribution is 2.24. The maximum absolute atomic E-state index is 13.6. The quantitative estimate of drug-likeness (QED) is 0.864. The van der Waals surface area contributed by atoms with Crippen LogP contribution in [0.25, 0.3) is 10.9 Å². The Bertz CT molecular complexity index is 545. The Kier molecular flexibility index (Phi) is 2.64. The summed E-state index contributed by atoms with van der Waals surface area (Å²) >= 11 is 0. The van der Waals surface area contributed by atoms with Gasteiger partial charge in [-0.15, -0.1) is 0 Å². The first kappa shape index (κ1) is 10.7. The third-order valence-corrected chi connectivity index (χ3v) is 2.61. The number of carbonyl (C=O) groups is 1. The number of benzene rings is 1. The van der Waals surface area contributed by atoms with Crippen LogP contribution in [0.2, 0.25) is 0 Å². The van der Waals surface area contributed by atoms with Gasteiger partial charge in [0.2, 0.25) is 0 Å². The molecule has 2 aromatic rings. The van der Waals surface area contributed by atoms with E-state index >= 15 is 0 Å². The third-order valence-electron chi connectivity index (χ3n) is 2.61. The molecule has 3 nitrogen and oxygen atoms in total. The molecule has 0 saturated carbocycles. The van der Waals surface area contributed by atoms with Crippen LogP contribution in [0.4, 0.5) is 4.39 Å². The van der Waals surface area contributed by atoms with Crippen LogP contribution in [-0.4, -0.2) is 15.6 Å². The molecule has 1 aromatic heterocycles. The predicted molar refractivity (Wildman–Crippen MR) is 58.9 cm³/mol. The van der Waals surface area contributed by atoms with E-state index in [1.54, 1.807) is 22.9 Å². The Hall–Kier alpha value is -1.84. The number of fused-ring (bicyclic) bond motifs is 1. The number of carboxylic acid groups (broad SMARTS) is 1. The Balaban J connectivity index is 2.68. The summed E-state index contributed by atoms with van der Waals surface area (Å²) < 4.78 is 15.4. The number of halogens is 1. The average Bonchev–Trinajstić information content (AvgIpc) is 2.57. The SMILES string of the molecule is CCn1cc(CC(=O)O)c2cccc(F)c21. The van der Waals surface area contributed by atoms with Gasteiger partial charge in [-0.25, -0.2) is 4.39 Å². The Morgan fingerprint density at radius 2 is 2.25 bits per heavy atom. The van der Waals surface area contributed by atoms with Crippen LogP contribution in [0.15, 0.2) is 24.4 Å². The van der Waals surface area contributed by atoms with Gasteiger partial charge < -0.3 is 9.67 Å². The molecule has 0 aliphatic rings. The van der Waals surface area contributed by atoms with Gasteiger partial charge >= 0.3 is 5.97 Å². The fraction of sp³-hybridized carbons (Fsp3) is 0.250. The molecule has 2 rings (SSSR count). The lowest BCUT2D eigenvalue weighted by Crippen LogP contribution is -1.99. The molecule has 0 saturated heterocycles. The molecule has 0 amide bonds. The Labute approximate surface area is 92.1 Å².